The molecule has 2 unspecified atom stereocenters. The van der Waals surface area contributed by atoms with Gasteiger partial charge >= 0.3 is 0 Å². The summed E-state index contributed by atoms with van der Waals surface area (Å²) in [4.78, 5) is 13.8. The minimum atomic E-state index is -3.05. The normalized spacial score (nSPS) is 19.4. The fourth-order valence-corrected chi connectivity index (χ4v) is 3.90. The fourth-order valence-electron chi connectivity index (χ4n) is 2.80. The molecule has 5 nitrogen and oxygen atoms in total. The number of amides is 1. The van der Waals surface area contributed by atoms with Gasteiger partial charge in [0.05, 0.1) is 5.75 Å². The van der Waals surface area contributed by atoms with Crippen molar-refractivity contribution in [1.29, 1.82) is 0 Å². The van der Waals surface area contributed by atoms with Crippen LogP contribution in [0.2, 0.25) is 0 Å². The summed E-state index contributed by atoms with van der Waals surface area (Å²) in [6.45, 7) is 5.98. The van der Waals surface area contributed by atoms with Crippen LogP contribution in [0.4, 0.5) is 0 Å². The molecule has 1 fully saturated rings. The summed E-state index contributed by atoms with van der Waals surface area (Å²) in [6, 6.07) is -0.266. The standard InChI is InChI=1S/C14H28N2O3S.ClH/c1-11(13-5-7-15-8-6-13)9-14(17)16(3)12(2)10-20(4,18)19;/h11-13,15H,5-10H2,1-4H3;1H. The largest absolute Gasteiger partial charge is 0.342 e. The van der Waals surface area contributed by atoms with Gasteiger partial charge in [-0.05, 0) is 44.7 Å². The van der Waals surface area contributed by atoms with Crippen LogP contribution in [0, 0.1) is 11.8 Å². The highest BCUT2D eigenvalue weighted by atomic mass is 35.5. The first-order valence-corrected chi connectivity index (χ1v) is 9.41. The van der Waals surface area contributed by atoms with Crippen molar-refractivity contribution in [2.75, 3.05) is 32.1 Å². The monoisotopic (exact) mass is 340 g/mol. The molecule has 2 atom stereocenters. The second-order valence-electron chi connectivity index (χ2n) is 6.21. The number of carbonyl (C=O) groups excluding carboxylic acids is 1. The Balaban J connectivity index is 0.00000400. The molecular weight excluding hydrogens is 312 g/mol. The van der Waals surface area contributed by atoms with Gasteiger partial charge in [0.15, 0.2) is 0 Å². The third kappa shape index (κ3) is 7.47. The highest BCUT2D eigenvalue weighted by molar-refractivity contribution is 7.90. The first-order valence-electron chi connectivity index (χ1n) is 7.35. The van der Waals surface area contributed by atoms with Gasteiger partial charge in [0, 0.05) is 25.8 Å². The Hall–Kier alpha value is -0.330. The van der Waals surface area contributed by atoms with Crippen molar-refractivity contribution in [2.24, 2.45) is 11.8 Å². The van der Waals surface area contributed by atoms with E-state index in [-0.39, 0.29) is 30.1 Å². The molecule has 1 aliphatic heterocycles. The first kappa shape index (κ1) is 20.7. The van der Waals surface area contributed by atoms with E-state index in [1.807, 2.05) is 0 Å². The SMILES string of the molecule is CC(CC(=O)N(C)C(C)CS(C)(=O)=O)C1CCNCC1.Cl. The number of piperidine rings is 1. The van der Waals surface area contributed by atoms with E-state index in [0.717, 1.165) is 25.9 Å². The lowest BCUT2D eigenvalue weighted by molar-refractivity contribution is -0.132. The number of nitrogens with one attached hydrogen (secondary N) is 1. The molecule has 7 heteroatoms. The molecule has 0 aliphatic carbocycles. The maximum absolute atomic E-state index is 12.2. The minimum absolute atomic E-state index is 0. The van der Waals surface area contributed by atoms with Crippen LogP contribution in [0.5, 0.6) is 0 Å². The first-order chi connectivity index (χ1) is 9.20. The molecule has 0 bridgehead atoms. The van der Waals surface area contributed by atoms with Crippen LogP contribution < -0.4 is 5.32 Å². The van der Waals surface area contributed by atoms with Gasteiger partial charge in [0.1, 0.15) is 9.84 Å². The van der Waals surface area contributed by atoms with E-state index in [2.05, 4.69) is 12.2 Å². The summed E-state index contributed by atoms with van der Waals surface area (Å²) in [5.41, 5.74) is 0. The predicted octanol–water partition coefficient (Wildman–Crippen LogP) is 1.33. The molecule has 21 heavy (non-hydrogen) atoms. The lowest BCUT2D eigenvalue weighted by Crippen LogP contribution is -2.40. The van der Waals surface area contributed by atoms with Crippen LogP contribution in [-0.4, -0.2) is 57.4 Å². The third-order valence-electron chi connectivity index (χ3n) is 4.28. The van der Waals surface area contributed by atoms with Gasteiger partial charge in [-0.1, -0.05) is 6.92 Å². The van der Waals surface area contributed by atoms with Gasteiger partial charge in [-0.3, -0.25) is 4.79 Å². The minimum Gasteiger partial charge on any atom is -0.342 e. The van der Waals surface area contributed by atoms with Gasteiger partial charge in [-0.25, -0.2) is 8.42 Å². The lowest BCUT2D eigenvalue weighted by Gasteiger charge is -2.30. The molecule has 1 heterocycles. The van der Waals surface area contributed by atoms with Crippen LogP contribution in [0.25, 0.3) is 0 Å². The molecule has 0 aromatic rings. The van der Waals surface area contributed by atoms with Gasteiger partial charge < -0.3 is 10.2 Å². The van der Waals surface area contributed by atoms with Crippen LogP contribution in [-0.2, 0) is 14.6 Å². The maximum atomic E-state index is 12.2. The molecule has 126 valence electrons. The molecule has 0 spiro atoms. The lowest BCUT2D eigenvalue weighted by atomic mass is 9.84. The number of rotatable bonds is 6. The molecule has 0 saturated carbocycles. The molecule has 1 rings (SSSR count). The van der Waals surface area contributed by atoms with Gasteiger partial charge in [-0.15, -0.1) is 12.4 Å². The Morgan fingerprint density at radius 1 is 1.29 bits per heavy atom. The van der Waals surface area contributed by atoms with E-state index in [9.17, 15) is 13.2 Å². The van der Waals surface area contributed by atoms with Gasteiger partial charge in [0.25, 0.3) is 0 Å². The van der Waals surface area contributed by atoms with Gasteiger partial charge in [0.2, 0.25) is 5.91 Å². The predicted molar refractivity (Wildman–Crippen MR) is 88.6 cm³/mol. The van der Waals surface area contributed by atoms with Crippen LogP contribution in [0.15, 0.2) is 0 Å². The molecular formula is C14H29ClN2O3S. The van der Waals surface area contributed by atoms with E-state index >= 15 is 0 Å². The van der Waals surface area contributed by atoms with Crippen molar-refractivity contribution in [3.8, 4) is 0 Å². The van der Waals surface area contributed by atoms with Gasteiger partial charge in [-0.2, -0.15) is 0 Å². The van der Waals surface area contributed by atoms with Crippen molar-refractivity contribution in [1.82, 2.24) is 10.2 Å². The van der Waals surface area contributed by atoms with Crippen LogP contribution >= 0.6 is 12.4 Å². The van der Waals surface area contributed by atoms with Crippen molar-refractivity contribution >= 4 is 28.2 Å². The van der Waals surface area contributed by atoms with E-state index in [0.29, 0.717) is 18.3 Å². The Morgan fingerprint density at radius 2 is 1.81 bits per heavy atom. The van der Waals surface area contributed by atoms with E-state index in [4.69, 9.17) is 0 Å². The Bertz CT molecular complexity index is 422. The smallest absolute Gasteiger partial charge is 0.222 e. The summed E-state index contributed by atoms with van der Waals surface area (Å²) in [5.74, 6) is 1.03. The molecule has 1 N–H and O–H groups in total. The van der Waals surface area contributed by atoms with Crippen molar-refractivity contribution in [3.05, 3.63) is 0 Å². The van der Waals surface area contributed by atoms with E-state index in [1.165, 1.54) is 6.26 Å². The maximum Gasteiger partial charge on any atom is 0.222 e. The average molecular weight is 341 g/mol. The zero-order valence-electron chi connectivity index (χ0n) is 13.5. The van der Waals surface area contributed by atoms with E-state index in [1.54, 1.807) is 18.9 Å². The number of hydrogen-bond acceptors (Lipinski definition) is 4. The molecule has 0 aromatic carbocycles. The average Bonchev–Trinajstić information content (AvgIpc) is 2.36. The Labute approximate surface area is 135 Å². The molecule has 1 amide bonds. The fraction of sp³-hybridized carbons (Fsp3) is 0.929. The summed E-state index contributed by atoms with van der Waals surface area (Å²) < 4.78 is 22.6. The zero-order chi connectivity index (χ0) is 15.3. The number of sulfone groups is 1. The summed E-state index contributed by atoms with van der Waals surface area (Å²) in [7, 11) is -1.35. The molecule has 1 saturated heterocycles. The molecule has 1 aliphatic rings. The number of carbonyl (C=O) groups is 1. The second-order valence-corrected chi connectivity index (χ2v) is 8.40. The summed E-state index contributed by atoms with van der Waals surface area (Å²) in [5, 5.41) is 3.33. The zero-order valence-corrected chi connectivity index (χ0v) is 15.1. The second kappa shape index (κ2) is 8.96. The third-order valence-corrected chi connectivity index (χ3v) is 5.37. The Morgan fingerprint density at radius 3 is 2.29 bits per heavy atom. The number of hydrogen-bond donors (Lipinski definition) is 1. The van der Waals surface area contributed by atoms with Crippen molar-refractivity contribution in [3.63, 3.8) is 0 Å². The number of halogens is 1. The summed E-state index contributed by atoms with van der Waals surface area (Å²) >= 11 is 0. The van der Waals surface area contributed by atoms with Crippen molar-refractivity contribution < 1.29 is 13.2 Å². The number of nitrogens with zero attached hydrogens (tertiary/aromatic N) is 1. The van der Waals surface area contributed by atoms with Crippen LogP contribution in [0.3, 0.4) is 0 Å². The topological polar surface area (TPSA) is 66.5 Å². The van der Waals surface area contributed by atoms with E-state index < -0.39 is 9.84 Å². The summed E-state index contributed by atoms with van der Waals surface area (Å²) in [6.07, 6.45) is 3.96. The molecule has 0 radical (unpaired) electrons. The quantitative estimate of drug-likeness (QED) is 0.792. The highest BCUT2D eigenvalue weighted by Gasteiger charge is 2.25. The highest BCUT2D eigenvalue weighted by Crippen LogP contribution is 2.25. The molecule has 0 aromatic heterocycles. The Kier molecular flexibility index (Phi) is 8.81. The van der Waals surface area contributed by atoms with Crippen LogP contribution in [0.1, 0.15) is 33.1 Å². The van der Waals surface area contributed by atoms with Crippen molar-refractivity contribution in [2.45, 2.75) is 39.2 Å².